The molecule has 5 rings (SSSR count). The maximum absolute atomic E-state index is 11.8. The van der Waals surface area contributed by atoms with Crippen molar-refractivity contribution in [3.8, 4) is 0 Å². The van der Waals surface area contributed by atoms with Gasteiger partial charge in [-0.1, -0.05) is 13.8 Å². The second-order valence-corrected chi connectivity index (χ2v) is 11.2. The molecule has 8 heteroatoms. The Morgan fingerprint density at radius 3 is 2.85 bits per heavy atom. The van der Waals surface area contributed by atoms with E-state index in [2.05, 4.69) is 43.0 Å². The van der Waals surface area contributed by atoms with Crippen LogP contribution in [-0.2, 0) is 17.6 Å². The average molecular weight is 467 g/mol. The van der Waals surface area contributed by atoms with Crippen LogP contribution >= 0.6 is 11.3 Å². The molecule has 0 bridgehead atoms. The SMILES string of the molecule is CCN(C)c1nc2sc3c(NCCCN4CCCC4=O)ncnc3c2c2c1CCC(C)(C)C2. The summed E-state index contributed by atoms with van der Waals surface area (Å²) in [7, 11) is 2.14. The van der Waals surface area contributed by atoms with E-state index in [-0.39, 0.29) is 11.3 Å². The van der Waals surface area contributed by atoms with Gasteiger partial charge in [0, 0.05) is 45.0 Å². The first-order valence-electron chi connectivity index (χ1n) is 12.2. The third-order valence-electron chi connectivity index (χ3n) is 7.21. The number of carbonyl (C=O) groups excluding carboxylic acids is 1. The molecule has 176 valence electrons. The van der Waals surface area contributed by atoms with Crippen molar-refractivity contribution >= 4 is 49.3 Å². The van der Waals surface area contributed by atoms with Crippen LogP contribution in [0.3, 0.4) is 0 Å². The van der Waals surface area contributed by atoms with Crippen molar-refractivity contribution in [1.82, 2.24) is 19.9 Å². The molecular formula is C25H34N6OS. The van der Waals surface area contributed by atoms with Gasteiger partial charge in [-0.05, 0) is 55.6 Å². The zero-order valence-corrected chi connectivity index (χ0v) is 21.0. The van der Waals surface area contributed by atoms with E-state index in [0.29, 0.717) is 6.42 Å². The molecule has 1 aliphatic heterocycles. The molecule has 4 heterocycles. The highest BCUT2D eigenvalue weighted by Gasteiger charge is 2.31. The number of anilines is 2. The zero-order chi connectivity index (χ0) is 23.2. The van der Waals surface area contributed by atoms with Gasteiger partial charge in [-0.3, -0.25) is 4.79 Å². The van der Waals surface area contributed by atoms with Crippen molar-refractivity contribution < 1.29 is 4.79 Å². The van der Waals surface area contributed by atoms with Crippen molar-refractivity contribution in [3.05, 3.63) is 17.5 Å². The van der Waals surface area contributed by atoms with Crippen LogP contribution < -0.4 is 10.2 Å². The van der Waals surface area contributed by atoms with E-state index in [1.54, 1.807) is 17.7 Å². The molecule has 0 saturated carbocycles. The summed E-state index contributed by atoms with van der Waals surface area (Å²) in [6, 6.07) is 0. The van der Waals surface area contributed by atoms with Crippen LogP contribution in [0.15, 0.2) is 6.33 Å². The maximum Gasteiger partial charge on any atom is 0.222 e. The molecule has 33 heavy (non-hydrogen) atoms. The van der Waals surface area contributed by atoms with Gasteiger partial charge in [-0.25, -0.2) is 15.0 Å². The van der Waals surface area contributed by atoms with Crippen molar-refractivity contribution in [2.24, 2.45) is 5.41 Å². The Morgan fingerprint density at radius 1 is 1.24 bits per heavy atom. The van der Waals surface area contributed by atoms with Crippen LogP contribution in [0.5, 0.6) is 0 Å². The van der Waals surface area contributed by atoms with E-state index in [9.17, 15) is 4.79 Å². The molecule has 1 saturated heterocycles. The van der Waals surface area contributed by atoms with Gasteiger partial charge < -0.3 is 15.1 Å². The van der Waals surface area contributed by atoms with E-state index in [0.717, 1.165) is 78.5 Å². The molecule has 0 spiro atoms. The number of pyridine rings is 1. The molecule has 2 aliphatic rings. The Balaban J connectivity index is 1.50. The zero-order valence-electron chi connectivity index (χ0n) is 20.2. The summed E-state index contributed by atoms with van der Waals surface area (Å²) < 4.78 is 1.08. The van der Waals surface area contributed by atoms with E-state index in [4.69, 9.17) is 9.97 Å². The lowest BCUT2D eigenvalue weighted by atomic mass is 9.73. The maximum atomic E-state index is 11.8. The lowest BCUT2D eigenvalue weighted by Crippen LogP contribution is -2.27. The molecule has 3 aromatic heterocycles. The lowest BCUT2D eigenvalue weighted by Gasteiger charge is -2.34. The second kappa shape index (κ2) is 8.70. The largest absolute Gasteiger partial charge is 0.369 e. The molecule has 1 aliphatic carbocycles. The summed E-state index contributed by atoms with van der Waals surface area (Å²) in [5.41, 5.74) is 4.12. The highest BCUT2D eigenvalue weighted by molar-refractivity contribution is 7.26. The molecule has 1 amide bonds. The number of nitrogens with one attached hydrogen (secondary N) is 1. The van der Waals surface area contributed by atoms with Crippen molar-refractivity contribution in [2.75, 3.05) is 43.4 Å². The third-order valence-corrected chi connectivity index (χ3v) is 8.29. The fourth-order valence-corrected chi connectivity index (χ4v) is 6.31. The second-order valence-electron chi connectivity index (χ2n) is 10.2. The fraction of sp³-hybridized carbons (Fsp3) is 0.600. The molecule has 1 N–H and O–H groups in total. The summed E-state index contributed by atoms with van der Waals surface area (Å²) in [6.45, 7) is 10.3. The molecule has 0 unspecified atom stereocenters. The van der Waals surface area contributed by atoms with Gasteiger partial charge in [0.25, 0.3) is 0 Å². The van der Waals surface area contributed by atoms with Crippen LogP contribution in [0.2, 0.25) is 0 Å². The Kier molecular flexibility index (Phi) is 5.89. The Bertz CT molecular complexity index is 1200. The predicted octanol–water partition coefficient (Wildman–Crippen LogP) is 4.63. The number of rotatable bonds is 7. The van der Waals surface area contributed by atoms with Crippen LogP contribution in [0.1, 0.15) is 57.6 Å². The van der Waals surface area contributed by atoms with Crippen molar-refractivity contribution in [3.63, 3.8) is 0 Å². The summed E-state index contributed by atoms with van der Waals surface area (Å²) in [6.07, 6.45) is 7.57. The van der Waals surface area contributed by atoms with Gasteiger partial charge in [0.15, 0.2) is 0 Å². The number of carbonyl (C=O) groups is 1. The monoisotopic (exact) mass is 466 g/mol. The Labute approximate surface area is 199 Å². The molecule has 0 aromatic carbocycles. The molecule has 0 atom stereocenters. The number of fused-ring (bicyclic) bond motifs is 5. The molecular weight excluding hydrogens is 432 g/mol. The van der Waals surface area contributed by atoms with Gasteiger partial charge in [0.2, 0.25) is 5.91 Å². The topological polar surface area (TPSA) is 74.2 Å². The number of nitrogens with zero attached hydrogens (tertiary/aromatic N) is 5. The Hall–Kier alpha value is -2.48. The molecule has 1 fully saturated rings. The van der Waals surface area contributed by atoms with E-state index >= 15 is 0 Å². The number of amides is 1. The van der Waals surface area contributed by atoms with Gasteiger partial charge in [-0.2, -0.15) is 0 Å². The van der Waals surface area contributed by atoms with Crippen LogP contribution in [0.25, 0.3) is 20.4 Å². The van der Waals surface area contributed by atoms with Gasteiger partial charge >= 0.3 is 0 Å². The summed E-state index contributed by atoms with van der Waals surface area (Å²) >= 11 is 1.70. The molecule has 7 nitrogen and oxygen atoms in total. The predicted molar refractivity (Wildman–Crippen MR) is 136 cm³/mol. The fourth-order valence-electron chi connectivity index (χ4n) is 5.19. The van der Waals surface area contributed by atoms with E-state index < -0.39 is 0 Å². The van der Waals surface area contributed by atoms with Crippen LogP contribution in [0, 0.1) is 5.41 Å². The summed E-state index contributed by atoms with van der Waals surface area (Å²) in [5.74, 6) is 2.29. The standard InChI is InChI=1S/C25H34N6OS/c1-5-30(4)23-16-9-10-25(2,3)14-17(16)19-20-21(33-24(19)29-23)22(28-15-27-20)26-11-7-13-31-12-6-8-18(31)32/h15H,5-14H2,1-4H3,(H,26,27,28). The van der Waals surface area contributed by atoms with Gasteiger partial charge in [0.1, 0.15) is 22.8 Å². The number of aromatic nitrogens is 3. The number of hydrogen-bond donors (Lipinski definition) is 1. The first-order valence-corrected chi connectivity index (χ1v) is 13.0. The smallest absolute Gasteiger partial charge is 0.222 e. The van der Waals surface area contributed by atoms with Crippen LogP contribution in [-0.4, -0.2) is 59.0 Å². The minimum Gasteiger partial charge on any atom is -0.369 e. The van der Waals surface area contributed by atoms with E-state index in [1.807, 2.05) is 4.90 Å². The lowest BCUT2D eigenvalue weighted by molar-refractivity contribution is -0.127. The summed E-state index contributed by atoms with van der Waals surface area (Å²) in [4.78, 5) is 31.6. The Morgan fingerprint density at radius 2 is 2.09 bits per heavy atom. The summed E-state index contributed by atoms with van der Waals surface area (Å²) in [5, 5.41) is 4.74. The first kappa shape index (κ1) is 22.3. The molecule has 0 radical (unpaired) electrons. The van der Waals surface area contributed by atoms with Crippen LogP contribution in [0.4, 0.5) is 11.6 Å². The molecule has 3 aromatic rings. The van der Waals surface area contributed by atoms with E-state index in [1.165, 1.54) is 22.9 Å². The normalized spacial score (nSPS) is 17.7. The number of hydrogen-bond acceptors (Lipinski definition) is 7. The minimum absolute atomic E-state index is 0.277. The minimum atomic E-state index is 0.277. The van der Waals surface area contributed by atoms with Gasteiger partial charge in [-0.15, -0.1) is 11.3 Å². The third kappa shape index (κ3) is 4.14. The van der Waals surface area contributed by atoms with Crippen molar-refractivity contribution in [1.29, 1.82) is 0 Å². The number of thiophene rings is 1. The van der Waals surface area contributed by atoms with Crippen molar-refractivity contribution in [2.45, 2.75) is 59.3 Å². The highest BCUT2D eigenvalue weighted by atomic mass is 32.1. The first-order chi connectivity index (χ1) is 15.9. The number of likely N-dealkylation sites (tertiary alicyclic amines) is 1. The highest BCUT2D eigenvalue weighted by Crippen LogP contribution is 2.45. The quantitative estimate of drug-likeness (QED) is 0.512. The average Bonchev–Trinajstić information content (AvgIpc) is 3.38. The van der Waals surface area contributed by atoms with Gasteiger partial charge in [0.05, 0.1) is 10.2 Å².